The van der Waals surface area contributed by atoms with Crippen molar-refractivity contribution in [2.24, 2.45) is 17.8 Å². The standard InChI is InChI=1S/C11H25N/c1-8(2)10(5)11(6,12-7)9(3)4/h8-10,12H,1-7H3. The lowest BCUT2D eigenvalue weighted by atomic mass is 9.73. The topological polar surface area (TPSA) is 12.0 Å². The first-order valence-corrected chi connectivity index (χ1v) is 5.05. The molecule has 0 aliphatic rings. The van der Waals surface area contributed by atoms with Crippen molar-refractivity contribution in [2.75, 3.05) is 7.05 Å². The molecule has 0 rings (SSSR count). The molecule has 0 saturated carbocycles. The van der Waals surface area contributed by atoms with E-state index in [4.69, 9.17) is 0 Å². The molecule has 2 unspecified atom stereocenters. The Morgan fingerprint density at radius 1 is 1.00 bits per heavy atom. The molecule has 0 aliphatic heterocycles. The second-order valence-electron chi connectivity index (χ2n) is 4.72. The maximum absolute atomic E-state index is 3.46. The molecule has 1 N–H and O–H groups in total. The second-order valence-corrected chi connectivity index (χ2v) is 4.72. The highest BCUT2D eigenvalue weighted by Gasteiger charge is 2.33. The summed E-state index contributed by atoms with van der Waals surface area (Å²) in [5.41, 5.74) is 0.272. The van der Waals surface area contributed by atoms with Gasteiger partial charge >= 0.3 is 0 Å². The summed E-state index contributed by atoms with van der Waals surface area (Å²) in [5, 5.41) is 3.46. The molecule has 2 atom stereocenters. The van der Waals surface area contributed by atoms with E-state index in [2.05, 4.69) is 53.9 Å². The third-order valence-electron chi connectivity index (χ3n) is 3.68. The van der Waals surface area contributed by atoms with Crippen molar-refractivity contribution in [2.45, 2.75) is 47.1 Å². The van der Waals surface area contributed by atoms with E-state index in [-0.39, 0.29) is 5.54 Å². The molecule has 0 saturated heterocycles. The molecule has 1 nitrogen and oxygen atoms in total. The van der Waals surface area contributed by atoms with E-state index >= 15 is 0 Å². The van der Waals surface area contributed by atoms with Crippen molar-refractivity contribution in [1.82, 2.24) is 5.32 Å². The fourth-order valence-electron chi connectivity index (χ4n) is 1.73. The van der Waals surface area contributed by atoms with Crippen LogP contribution in [0.4, 0.5) is 0 Å². The van der Waals surface area contributed by atoms with Crippen LogP contribution < -0.4 is 5.32 Å². The summed E-state index contributed by atoms with van der Waals surface area (Å²) in [7, 11) is 2.07. The zero-order valence-electron chi connectivity index (χ0n) is 9.73. The zero-order chi connectivity index (χ0) is 9.94. The minimum Gasteiger partial charge on any atom is -0.314 e. The van der Waals surface area contributed by atoms with Gasteiger partial charge in [-0.15, -0.1) is 0 Å². The van der Waals surface area contributed by atoms with Gasteiger partial charge in [0.15, 0.2) is 0 Å². The Balaban J connectivity index is 4.51. The number of hydrogen-bond donors (Lipinski definition) is 1. The largest absolute Gasteiger partial charge is 0.314 e. The minimum atomic E-state index is 0.272. The van der Waals surface area contributed by atoms with Gasteiger partial charge in [0.1, 0.15) is 0 Å². The molecule has 0 fully saturated rings. The molecule has 0 bridgehead atoms. The Bertz CT molecular complexity index is 129. The Kier molecular flexibility index (Phi) is 4.25. The number of hydrogen-bond acceptors (Lipinski definition) is 1. The van der Waals surface area contributed by atoms with Gasteiger partial charge < -0.3 is 5.32 Å². The number of nitrogens with one attached hydrogen (secondary N) is 1. The van der Waals surface area contributed by atoms with E-state index in [1.807, 2.05) is 0 Å². The van der Waals surface area contributed by atoms with Crippen molar-refractivity contribution >= 4 is 0 Å². The van der Waals surface area contributed by atoms with Gasteiger partial charge in [0.05, 0.1) is 0 Å². The summed E-state index contributed by atoms with van der Waals surface area (Å²) >= 11 is 0. The first-order valence-electron chi connectivity index (χ1n) is 5.05. The summed E-state index contributed by atoms with van der Waals surface area (Å²) in [6, 6.07) is 0. The molecular formula is C11H25N. The zero-order valence-corrected chi connectivity index (χ0v) is 9.73. The Morgan fingerprint density at radius 3 is 1.50 bits per heavy atom. The van der Waals surface area contributed by atoms with Gasteiger partial charge in [-0.3, -0.25) is 0 Å². The van der Waals surface area contributed by atoms with Crippen LogP contribution in [0.5, 0.6) is 0 Å². The van der Waals surface area contributed by atoms with Gasteiger partial charge in [0.25, 0.3) is 0 Å². The van der Waals surface area contributed by atoms with Crippen molar-refractivity contribution in [3.63, 3.8) is 0 Å². The van der Waals surface area contributed by atoms with Gasteiger partial charge in [0, 0.05) is 5.54 Å². The summed E-state index contributed by atoms with van der Waals surface area (Å²) in [6.07, 6.45) is 0. The highest BCUT2D eigenvalue weighted by Crippen LogP contribution is 2.30. The molecule has 74 valence electrons. The highest BCUT2D eigenvalue weighted by atomic mass is 14.9. The maximum Gasteiger partial charge on any atom is 0.0201 e. The fourth-order valence-corrected chi connectivity index (χ4v) is 1.73. The molecule has 0 aromatic rings. The second kappa shape index (κ2) is 4.27. The molecule has 0 spiro atoms. The van der Waals surface area contributed by atoms with Crippen molar-refractivity contribution < 1.29 is 0 Å². The lowest BCUT2D eigenvalue weighted by Crippen LogP contribution is -2.51. The lowest BCUT2D eigenvalue weighted by molar-refractivity contribution is 0.148. The summed E-state index contributed by atoms with van der Waals surface area (Å²) in [5.74, 6) is 2.13. The first-order chi connectivity index (χ1) is 5.36. The van der Waals surface area contributed by atoms with E-state index in [0.717, 1.165) is 5.92 Å². The highest BCUT2D eigenvalue weighted by molar-refractivity contribution is 4.91. The van der Waals surface area contributed by atoms with Crippen LogP contribution in [0.25, 0.3) is 0 Å². The SMILES string of the molecule is CNC(C)(C(C)C)C(C)C(C)C. The fraction of sp³-hybridized carbons (Fsp3) is 1.00. The summed E-state index contributed by atoms with van der Waals surface area (Å²) in [4.78, 5) is 0. The molecular weight excluding hydrogens is 146 g/mol. The van der Waals surface area contributed by atoms with Crippen LogP contribution >= 0.6 is 0 Å². The van der Waals surface area contributed by atoms with Crippen molar-refractivity contribution in [3.8, 4) is 0 Å². The average molecular weight is 171 g/mol. The Morgan fingerprint density at radius 2 is 1.42 bits per heavy atom. The van der Waals surface area contributed by atoms with E-state index in [0.29, 0.717) is 11.8 Å². The van der Waals surface area contributed by atoms with Gasteiger partial charge in [-0.25, -0.2) is 0 Å². The monoisotopic (exact) mass is 171 g/mol. The minimum absolute atomic E-state index is 0.272. The van der Waals surface area contributed by atoms with Gasteiger partial charge in [-0.1, -0.05) is 34.6 Å². The van der Waals surface area contributed by atoms with Crippen molar-refractivity contribution in [1.29, 1.82) is 0 Å². The first kappa shape index (κ1) is 12.0. The van der Waals surface area contributed by atoms with Crippen LogP contribution in [-0.2, 0) is 0 Å². The van der Waals surface area contributed by atoms with Crippen LogP contribution in [0.15, 0.2) is 0 Å². The quantitative estimate of drug-likeness (QED) is 0.686. The predicted molar refractivity (Wildman–Crippen MR) is 56.3 cm³/mol. The van der Waals surface area contributed by atoms with E-state index in [9.17, 15) is 0 Å². The van der Waals surface area contributed by atoms with Crippen LogP contribution in [0.3, 0.4) is 0 Å². The molecule has 0 heterocycles. The molecule has 0 radical (unpaired) electrons. The third-order valence-corrected chi connectivity index (χ3v) is 3.68. The Labute approximate surface area is 77.9 Å². The van der Waals surface area contributed by atoms with Crippen LogP contribution in [0, 0.1) is 17.8 Å². The van der Waals surface area contributed by atoms with Crippen molar-refractivity contribution in [3.05, 3.63) is 0 Å². The van der Waals surface area contributed by atoms with E-state index in [1.165, 1.54) is 0 Å². The van der Waals surface area contributed by atoms with Gasteiger partial charge in [0.2, 0.25) is 0 Å². The number of rotatable bonds is 4. The van der Waals surface area contributed by atoms with Crippen LogP contribution in [0.2, 0.25) is 0 Å². The van der Waals surface area contributed by atoms with Gasteiger partial charge in [-0.05, 0) is 31.7 Å². The average Bonchev–Trinajstić information content (AvgIpc) is 2.01. The lowest BCUT2D eigenvalue weighted by Gasteiger charge is -2.41. The smallest absolute Gasteiger partial charge is 0.0201 e. The molecule has 0 amide bonds. The molecule has 0 aromatic heterocycles. The Hall–Kier alpha value is -0.0400. The summed E-state index contributed by atoms with van der Waals surface area (Å²) < 4.78 is 0. The van der Waals surface area contributed by atoms with E-state index < -0.39 is 0 Å². The van der Waals surface area contributed by atoms with Crippen LogP contribution in [-0.4, -0.2) is 12.6 Å². The molecule has 0 aromatic carbocycles. The summed E-state index contributed by atoms with van der Waals surface area (Å²) in [6.45, 7) is 13.8. The molecule has 0 aliphatic carbocycles. The maximum atomic E-state index is 3.46. The third kappa shape index (κ3) is 2.22. The predicted octanol–water partition coefficient (Wildman–Crippen LogP) is 2.91. The van der Waals surface area contributed by atoms with Crippen LogP contribution in [0.1, 0.15) is 41.5 Å². The normalized spacial score (nSPS) is 19.8. The molecule has 12 heavy (non-hydrogen) atoms. The van der Waals surface area contributed by atoms with Gasteiger partial charge in [-0.2, -0.15) is 0 Å². The van der Waals surface area contributed by atoms with E-state index in [1.54, 1.807) is 0 Å². The molecule has 1 heteroatoms.